The third-order valence-electron chi connectivity index (χ3n) is 2.74. The lowest BCUT2D eigenvalue weighted by Crippen LogP contribution is -2.01. The van der Waals surface area contributed by atoms with E-state index in [4.69, 9.17) is 33.0 Å². The second-order valence-corrected chi connectivity index (χ2v) is 5.15. The van der Waals surface area contributed by atoms with E-state index in [0.717, 1.165) is 12.8 Å². The minimum absolute atomic E-state index is 0.0605. The summed E-state index contributed by atoms with van der Waals surface area (Å²) in [5.74, 6) is -0.696. The van der Waals surface area contributed by atoms with E-state index in [2.05, 4.69) is 6.92 Å². The van der Waals surface area contributed by atoms with Crippen LogP contribution in [0.1, 0.15) is 49.4 Å². The zero-order chi connectivity index (χ0) is 14.3. The normalized spacial score (nSPS) is 10.5. The van der Waals surface area contributed by atoms with Crippen LogP contribution in [-0.2, 0) is 0 Å². The van der Waals surface area contributed by atoms with Gasteiger partial charge in [0.15, 0.2) is 5.75 Å². The first-order valence-electron chi connectivity index (χ1n) is 6.41. The predicted octanol–water partition coefficient (Wildman–Crippen LogP) is 5.04. The molecule has 3 nitrogen and oxygen atoms in total. The van der Waals surface area contributed by atoms with Crippen LogP contribution in [0.5, 0.6) is 5.75 Å². The standard InChI is InChI=1S/C14H18Cl2O3/c1-2-3-4-5-6-7-19-13-11(15)8-10(14(17)18)9-12(13)16/h8-9H,2-7H2,1H3,(H,17,18). The number of benzene rings is 1. The lowest BCUT2D eigenvalue weighted by molar-refractivity contribution is 0.0697. The van der Waals surface area contributed by atoms with Gasteiger partial charge in [0.05, 0.1) is 22.2 Å². The van der Waals surface area contributed by atoms with Crippen LogP contribution in [0.2, 0.25) is 10.0 Å². The van der Waals surface area contributed by atoms with Crippen LogP contribution in [0.15, 0.2) is 12.1 Å². The molecule has 0 unspecified atom stereocenters. The van der Waals surface area contributed by atoms with Crippen LogP contribution in [-0.4, -0.2) is 17.7 Å². The highest BCUT2D eigenvalue weighted by molar-refractivity contribution is 6.37. The van der Waals surface area contributed by atoms with Gasteiger partial charge in [-0.3, -0.25) is 0 Å². The van der Waals surface area contributed by atoms with E-state index in [-0.39, 0.29) is 15.6 Å². The van der Waals surface area contributed by atoms with Crippen molar-refractivity contribution in [3.05, 3.63) is 27.7 Å². The van der Waals surface area contributed by atoms with Gasteiger partial charge in [0.2, 0.25) is 0 Å². The van der Waals surface area contributed by atoms with Crippen molar-refractivity contribution in [2.45, 2.75) is 39.0 Å². The zero-order valence-electron chi connectivity index (χ0n) is 10.9. The molecular weight excluding hydrogens is 287 g/mol. The van der Waals surface area contributed by atoms with E-state index < -0.39 is 5.97 Å². The number of aromatic carboxylic acids is 1. The maximum absolute atomic E-state index is 10.8. The Bertz CT molecular complexity index is 410. The molecule has 0 heterocycles. The SMILES string of the molecule is CCCCCCCOc1c(Cl)cc(C(=O)O)cc1Cl. The minimum atomic E-state index is -1.06. The lowest BCUT2D eigenvalue weighted by atomic mass is 10.2. The zero-order valence-corrected chi connectivity index (χ0v) is 12.4. The number of carboxylic acid groups (broad SMARTS) is 1. The molecule has 0 saturated carbocycles. The molecule has 0 aromatic heterocycles. The van der Waals surface area contributed by atoms with Crippen molar-refractivity contribution >= 4 is 29.2 Å². The Morgan fingerprint density at radius 3 is 2.26 bits per heavy atom. The molecule has 0 saturated heterocycles. The third kappa shape index (κ3) is 5.29. The summed E-state index contributed by atoms with van der Waals surface area (Å²) in [5, 5.41) is 9.33. The first kappa shape index (κ1) is 16.1. The van der Waals surface area contributed by atoms with Gasteiger partial charge < -0.3 is 9.84 Å². The Morgan fingerprint density at radius 1 is 1.16 bits per heavy atom. The van der Waals surface area contributed by atoms with Crippen molar-refractivity contribution in [1.82, 2.24) is 0 Å². The monoisotopic (exact) mass is 304 g/mol. The molecule has 106 valence electrons. The third-order valence-corrected chi connectivity index (χ3v) is 3.30. The van der Waals surface area contributed by atoms with E-state index >= 15 is 0 Å². The Kier molecular flexibility index (Phi) is 7.03. The summed E-state index contributed by atoms with van der Waals surface area (Å²) in [6.07, 6.45) is 5.67. The molecule has 1 aromatic rings. The number of carboxylic acids is 1. The number of unbranched alkanes of at least 4 members (excludes halogenated alkanes) is 4. The van der Waals surface area contributed by atoms with Crippen LogP contribution >= 0.6 is 23.2 Å². The highest BCUT2D eigenvalue weighted by Crippen LogP contribution is 2.34. The molecule has 0 bridgehead atoms. The second kappa shape index (κ2) is 8.28. The maximum atomic E-state index is 10.8. The van der Waals surface area contributed by atoms with Gasteiger partial charge in [-0.15, -0.1) is 0 Å². The van der Waals surface area contributed by atoms with Crippen LogP contribution in [0.3, 0.4) is 0 Å². The van der Waals surface area contributed by atoms with Gasteiger partial charge in [-0.05, 0) is 18.6 Å². The minimum Gasteiger partial charge on any atom is -0.490 e. The van der Waals surface area contributed by atoms with Gasteiger partial charge >= 0.3 is 5.97 Å². The molecule has 0 spiro atoms. The molecule has 0 aliphatic carbocycles. The molecule has 0 amide bonds. The maximum Gasteiger partial charge on any atom is 0.335 e. The summed E-state index contributed by atoms with van der Waals surface area (Å²) in [7, 11) is 0. The van der Waals surface area contributed by atoms with Gasteiger partial charge in [0.25, 0.3) is 0 Å². The highest BCUT2D eigenvalue weighted by atomic mass is 35.5. The molecule has 0 fully saturated rings. The number of halogens is 2. The number of hydrogen-bond donors (Lipinski definition) is 1. The fourth-order valence-electron chi connectivity index (χ4n) is 1.70. The topological polar surface area (TPSA) is 46.5 Å². The Labute approximate surface area is 123 Å². The molecule has 0 aliphatic rings. The number of hydrogen-bond acceptors (Lipinski definition) is 2. The van der Waals surface area contributed by atoms with E-state index in [9.17, 15) is 4.79 Å². The van der Waals surface area contributed by atoms with Crippen molar-refractivity contribution in [2.24, 2.45) is 0 Å². The van der Waals surface area contributed by atoms with Crippen LogP contribution in [0.4, 0.5) is 0 Å². The van der Waals surface area contributed by atoms with Crippen molar-refractivity contribution in [3.63, 3.8) is 0 Å². The van der Waals surface area contributed by atoms with Crippen LogP contribution in [0.25, 0.3) is 0 Å². The van der Waals surface area contributed by atoms with Crippen LogP contribution in [0, 0.1) is 0 Å². The largest absolute Gasteiger partial charge is 0.490 e. The number of carbonyl (C=O) groups is 1. The fourth-order valence-corrected chi connectivity index (χ4v) is 2.30. The molecule has 5 heteroatoms. The van der Waals surface area contributed by atoms with Gasteiger partial charge in [-0.25, -0.2) is 4.79 Å². The van der Waals surface area contributed by atoms with Crippen molar-refractivity contribution in [3.8, 4) is 5.75 Å². The van der Waals surface area contributed by atoms with Gasteiger partial charge in [-0.2, -0.15) is 0 Å². The summed E-state index contributed by atoms with van der Waals surface area (Å²) in [6.45, 7) is 2.70. The molecular formula is C14H18Cl2O3. The predicted molar refractivity (Wildman–Crippen MR) is 77.7 cm³/mol. The number of rotatable bonds is 8. The van der Waals surface area contributed by atoms with E-state index in [0.29, 0.717) is 12.4 Å². The summed E-state index contributed by atoms with van der Waals surface area (Å²) in [4.78, 5) is 10.8. The lowest BCUT2D eigenvalue weighted by Gasteiger charge is -2.10. The Hall–Kier alpha value is -0.930. The van der Waals surface area contributed by atoms with E-state index in [1.54, 1.807) is 0 Å². The average Bonchev–Trinajstić information content (AvgIpc) is 2.35. The summed E-state index contributed by atoms with van der Waals surface area (Å²) >= 11 is 11.9. The van der Waals surface area contributed by atoms with Gasteiger partial charge in [0.1, 0.15) is 0 Å². The number of ether oxygens (including phenoxy) is 1. The van der Waals surface area contributed by atoms with Crippen molar-refractivity contribution in [1.29, 1.82) is 0 Å². The Balaban J connectivity index is 2.52. The van der Waals surface area contributed by atoms with Crippen molar-refractivity contribution < 1.29 is 14.6 Å². The van der Waals surface area contributed by atoms with Crippen LogP contribution < -0.4 is 4.74 Å². The highest BCUT2D eigenvalue weighted by Gasteiger charge is 2.13. The van der Waals surface area contributed by atoms with E-state index in [1.807, 2.05) is 0 Å². The first-order valence-corrected chi connectivity index (χ1v) is 7.17. The van der Waals surface area contributed by atoms with Crippen molar-refractivity contribution in [2.75, 3.05) is 6.61 Å². The fraction of sp³-hybridized carbons (Fsp3) is 0.500. The van der Waals surface area contributed by atoms with E-state index in [1.165, 1.54) is 31.4 Å². The molecule has 0 radical (unpaired) electrons. The molecule has 1 rings (SSSR count). The molecule has 0 atom stereocenters. The summed E-state index contributed by atoms with van der Waals surface area (Å²) in [5.41, 5.74) is 0.0605. The quantitative estimate of drug-likeness (QED) is 0.684. The summed E-state index contributed by atoms with van der Waals surface area (Å²) in [6, 6.07) is 2.70. The molecule has 1 aromatic carbocycles. The molecule has 0 aliphatic heterocycles. The molecule has 19 heavy (non-hydrogen) atoms. The first-order chi connectivity index (χ1) is 9.06. The average molecular weight is 305 g/mol. The Morgan fingerprint density at radius 2 is 1.74 bits per heavy atom. The van der Waals surface area contributed by atoms with Gasteiger partial charge in [0, 0.05) is 0 Å². The van der Waals surface area contributed by atoms with Gasteiger partial charge in [-0.1, -0.05) is 55.8 Å². The second-order valence-electron chi connectivity index (χ2n) is 4.34. The molecule has 1 N–H and O–H groups in total. The smallest absolute Gasteiger partial charge is 0.335 e. The summed E-state index contributed by atoms with van der Waals surface area (Å²) < 4.78 is 5.53.